The zero-order chi connectivity index (χ0) is 13.6. The van der Waals surface area contributed by atoms with E-state index in [2.05, 4.69) is 41.5 Å². The third kappa shape index (κ3) is 23.1. The molecule has 0 saturated heterocycles. The van der Waals surface area contributed by atoms with Crippen LogP contribution in [0.15, 0.2) is 0 Å². The molecule has 0 amide bonds. The zero-order valence-corrected chi connectivity index (χ0v) is 10.8. The van der Waals surface area contributed by atoms with E-state index in [-0.39, 0.29) is 11.2 Å². The average molecular weight is 234 g/mol. The van der Waals surface area contributed by atoms with Gasteiger partial charge in [0.2, 0.25) is 0 Å². The van der Waals surface area contributed by atoms with Gasteiger partial charge in [-0.2, -0.15) is 0 Å². The second-order valence-corrected chi connectivity index (χ2v) is 5.29. The molecule has 2 N–H and O–H groups in total. The van der Waals surface area contributed by atoms with E-state index in [4.69, 9.17) is 14.9 Å². The number of hydrogen-bond acceptors (Lipinski definition) is 3. The van der Waals surface area contributed by atoms with Gasteiger partial charge in [-0.3, -0.25) is 9.59 Å². The van der Waals surface area contributed by atoms with E-state index in [1.54, 1.807) is 0 Å². The van der Waals surface area contributed by atoms with Crippen molar-refractivity contribution in [1.29, 1.82) is 0 Å². The average Bonchev–Trinajstić information content (AvgIpc) is 1.72. The number of rotatable bonds is 2. The van der Waals surface area contributed by atoms with Crippen molar-refractivity contribution in [3.05, 3.63) is 0 Å². The van der Waals surface area contributed by atoms with Gasteiger partial charge in [0.15, 0.2) is 0 Å². The van der Waals surface area contributed by atoms with E-state index in [9.17, 15) is 9.59 Å². The Hall–Kier alpha value is -1.10. The Morgan fingerprint density at radius 2 is 1.12 bits per heavy atom. The fourth-order valence-corrected chi connectivity index (χ4v) is 1.05. The lowest BCUT2D eigenvalue weighted by Crippen LogP contribution is -2.31. The smallest absolute Gasteiger partial charge is 0.314 e. The predicted molar refractivity (Wildman–Crippen MR) is 60.5 cm³/mol. The Balaban J connectivity index is 0. The fourth-order valence-electron chi connectivity index (χ4n) is 1.05. The molecule has 0 atom stereocenters. The van der Waals surface area contributed by atoms with Gasteiger partial charge in [0.05, 0.1) is 11.2 Å². The van der Waals surface area contributed by atoms with Crippen molar-refractivity contribution < 1.29 is 24.5 Å². The van der Waals surface area contributed by atoms with Crippen LogP contribution in [0.3, 0.4) is 0 Å². The number of aliphatic carboxylic acids is 2. The monoisotopic (exact) mass is 234 g/mol. The summed E-state index contributed by atoms with van der Waals surface area (Å²) in [5.74, 6) is -2.62. The molecule has 0 aliphatic rings. The summed E-state index contributed by atoms with van der Waals surface area (Å²) in [6.45, 7) is 12.4. The molecule has 16 heavy (non-hydrogen) atoms. The van der Waals surface area contributed by atoms with E-state index >= 15 is 0 Å². The lowest BCUT2D eigenvalue weighted by molar-refractivity contribution is -0.147. The van der Waals surface area contributed by atoms with Crippen molar-refractivity contribution in [2.24, 2.45) is 0 Å². The quantitative estimate of drug-likeness (QED) is 0.715. The van der Waals surface area contributed by atoms with Gasteiger partial charge >= 0.3 is 11.9 Å². The van der Waals surface area contributed by atoms with Crippen molar-refractivity contribution in [1.82, 2.24) is 0 Å². The maximum atomic E-state index is 9.43. The van der Waals surface area contributed by atoms with Crippen molar-refractivity contribution in [2.75, 3.05) is 0 Å². The van der Waals surface area contributed by atoms with Crippen molar-refractivity contribution >= 4 is 11.9 Å². The zero-order valence-electron chi connectivity index (χ0n) is 10.8. The molecule has 0 aromatic heterocycles. The molecule has 0 unspecified atom stereocenters. The topological polar surface area (TPSA) is 83.8 Å². The van der Waals surface area contributed by atoms with Gasteiger partial charge in [0.25, 0.3) is 0 Å². The minimum Gasteiger partial charge on any atom is -0.481 e. The molecular formula is C11H22O5. The first kappa shape index (κ1) is 17.3. The molecule has 0 heterocycles. The van der Waals surface area contributed by atoms with Gasteiger partial charge in [-0.1, -0.05) is 0 Å². The molecular weight excluding hydrogens is 212 g/mol. The fraction of sp³-hybridized carbons (Fsp3) is 0.818. The van der Waals surface area contributed by atoms with Crippen LogP contribution < -0.4 is 0 Å². The highest BCUT2D eigenvalue weighted by Crippen LogP contribution is 2.17. The van der Waals surface area contributed by atoms with Gasteiger partial charge in [-0.15, -0.1) is 0 Å². The standard InChI is InChI=1S/C8H18O.C3H4O4/c1-7(2,3)9-8(4,5)6;4-2(5)1-3(6)7/h1-6H3;1H2,(H,4,5)(H,6,7). The molecule has 0 fully saturated rings. The van der Waals surface area contributed by atoms with Crippen LogP contribution in [0, 0.1) is 0 Å². The second kappa shape index (κ2) is 6.48. The van der Waals surface area contributed by atoms with Crippen LogP contribution in [0.1, 0.15) is 48.0 Å². The van der Waals surface area contributed by atoms with Crippen molar-refractivity contribution in [3.63, 3.8) is 0 Å². The first-order valence-corrected chi connectivity index (χ1v) is 4.97. The largest absolute Gasteiger partial charge is 0.481 e. The maximum Gasteiger partial charge on any atom is 0.314 e. The molecule has 0 saturated carbocycles. The summed E-state index contributed by atoms with van der Waals surface area (Å²) in [6.07, 6.45) is -0.806. The number of carboxylic acids is 2. The molecule has 0 aromatic carbocycles. The maximum absolute atomic E-state index is 9.43. The number of hydrogen-bond donors (Lipinski definition) is 2. The van der Waals surface area contributed by atoms with Gasteiger partial charge < -0.3 is 14.9 Å². The van der Waals surface area contributed by atoms with Gasteiger partial charge in [-0.05, 0) is 41.5 Å². The van der Waals surface area contributed by atoms with E-state index in [0.29, 0.717) is 0 Å². The van der Waals surface area contributed by atoms with Crippen LogP contribution in [0.5, 0.6) is 0 Å². The Kier molecular flexibility index (Phi) is 7.00. The summed E-state index contributed by atoms with van der Waals surface area (Å²) >= 11 is 0. The van der Waals surface area contributed by atoms with E-state index in [0.717, 1.165) is 0 Å². The highest BCUT2D eigenvalue weighted by molar-refractivity contribution is 5.88. The van der Waals surface area contributed by atoms with Crippen LogP contribution in [0.2, 0.25) is 0 Å². The van der Waals surface area contributed by atoms with Crippen LogP contribution in [-0.4, -0.2) is 33.4 Å². The number of carboxylic acid groups (broad SMARTS) is 2. The number of carbonyl (C=O) groups is 2. The molecule has 0 radical (unpaired) electrons. The minimum atomic E-state index is -1.31. The Labute approximate surface area is 96.4 Å². The molecule has 0 spiro atoms. The van der Waals surface area contributed by atoms with Gasteiger partial charge in [-0.25, -0.2) is 0 Å². The van der Waals surface area contributed by atoms with E-state index < -0.39 is 18.4 Å². The summed E-state index contributed by atoms with van der Waals surface area (Å²) in [5, 5.41) is 15.4. The first-order chi connectivity index (χ1) is 6.83. The van der Waals surface area contributed by atoms with Crippen LogP contribution >= 0.6 is 0 Å². The normalized spacial score (nSPS) is 11.4. The van der Waals surface area contributed by atoms with Gasteiger partial charge in [0.1, 0.15) is 6.42 Å². The predicted octanol–water partition coefficient (Wildman–Crippen LogP) is 2.15. The number of ether oxygens (including phenoxy) is 1. The second-order valence-electron chi connectivity index (χ2n) is 5.29. The van der Waals surface area contributed by atoms with Gasteiger partial charge in [0, 0.05) is 0 Å². The minimum absolute atomic E-state index is 0.0156. The third-order valence-corrected chi connectivity index (χ3v) is 0.915. The lowest BCUT2D eigenvalue weighted by Gasteiger charge is -2.30. The SMILES string of the molecule is CC(C)(C)OC(C)(C)C.O=C(O)CC(=O)O. The summed E-state index contributed by atoms with van der Waals surface area (Å²) in [5.41, 5.74) is -0.0312. The Morgan fingerprint density at radius 1 is 0.875 bits per heavy atom. The molecule has 0 aromatic rings. The Bertz CT molecular complexity index is 208. The molecule has 0 aliphatic carbocycles. The van der Waals surface area contributed by atoms with Crippen LogP contribution in [-0.2, 0) is 14.3 Å². The highest BCUT2D eigenvalue weighted by Gasteiger charge is 2.19. The van der Waals surface area contributed by atoms with Crippen molar-refractivity contribution in [2.45, 2.75) is 59.2 Å². The first-order valence-electron chi connectivity index (χ1n) is 4.97. The van der Waals surface area contributed by atoms with E-state index in [1.165, 1.54) is 0 Å². The molecule has 96 valence electrons. The van der Waals surface area contributed by atoms with Crippen LogP contribution in [0.25, 0.3) is 0 Å². The molecule has 0 aliphatic heterocycles. The van der Waals surface area contributed by atoms with Crippen LogP contribution in [0.4, 0.5) is 0 Å². The highest BCUT2D eigenvalue weighted by atomic mass is 16.5. The summed E-state index contributed by atoms with van der Waals surface area (Å²) < 4.78 is 5.62. The van der Waals surface area contributed by atoms with Crippen molar-refractivity contribution in [3.8, 4) is 0 Å². The molecule has 0 rings (SSSR count). The van der Waals surface area contributed by atoms with E-state index in [1.807, 2.05) is 0 Å². The molecule has 5 nitrogen and oxygen atoms in total. The Morgan fingerprint density at radius 3 is 1.12 bits per heavy atom. The summed E-state index contributed by atoms with van der Waals surface area (Å²) in [6, 6.07) is 0. The summed E-state index contributed by atoms with van der Waals surface area (Å²) in [4.78, 5) is 18.9. The summed E-state index contributed by atoms with van der Waals surface area (Å²) in [7, 11) is 0. The lowest BCUT2D eigenvalue weighted by atomic mass is 10.1. The molecule has 5 heteroatoms. The molecule has 0 bridgehead atoms. The third-order valence-electron chi connectivity index (χ3n) is 0.915.